The first kappa shape index (κ1) is 26.6. The van der Waals surface area contributed by atoms with Gasteiger partial charge in [-0.25, -0.2) is 22.5 Å². The molecule has 0 saturated heterocycles. The van der Waals surface area contributed by atoms with Crippen LogP contribution in [0.2, 0.25) is 0 Å². The second-order valence-electron chi connectivity index (χ2n) is 8.19. The summed E-state index contributed by atoms with van der Waals surface area (Å²) in [5.41, 5.74) is 8.04. The molecule has 37 heavy (non-hydrogen) atoms. The molecule has 4 rings (SSSR count). The molecule has 1 aromatic carbocycles. The number of fused-ring (bicyclic) bond motifs is 1. The number of nitrogens with two attached hydrogens (primary N) is 1. The number of carbonyl (C=O) groups excluding carboxylic acids is 1. The Labute approximate surface area is 218 Å². The van der Waals surface area contributed by atoms with Gasteiger partial charge in [0.15, 0.2) is 0 Å². The number of aliphatic hydroxyl groups is 1. The third-order valence-electron chi connectivity index (χ3n) is 5.52. The molecule has 1 amide bonds. The highest BCUT2D eigenvalue weighted by Crippen LogP contribution is 2.36. The molecule has 1 aromatic heterocycles. The highest BCUT2D eigenvalue weighted by Gasteiger charge is 2.33. The van der Waals surface area contributed by atoms with E-state index in [0.717, 1.165) is 17.2 Å². The monoisotopic (exact) mass is 546 g/mol. The van der Waals surface area contributed by atoms with Gasteiger partial charge in [0, 0.05) is 18.8 Å². The van der Waals surface area contributed by atoms with Crippen molar-refractivity contribution in [3.8, 4) is 0 Å². The van der Waals surface area contributed by atoms with E-state index in [1.54, 1.807) is 42.6 Å². The fourth-order valence-electron chi connectivity index (χ4n) is 3.73. The standard InChI is InChI=1S/C25H24ClFN4O5S/c26-20-11-17(16-3-4-21(27)22(12-16)37(34,35)31-7-8-32)9-18-10-19(36-25(18)20)14-30-24(33)6-2-15-1-5-23(28)29-13-15/h1-6,9-13,20,25,31-32H,7-8,14H2,(H2,28,29)(H,30,33). The second-order valence-corrected chi connectivity index (χ2v) is 10.4. The number of sulfonamides is 1. The molecule has 5 N–H and O–H groups in total. The predicted molar refractivity (Wildman–Crippen MR) is 138 cm³/mol. The summed E-state index contributed by atoms with van der Waals surface area (Å²) in [6.07, 6.45) is 9.27. The van der Waals surface area contributed by atoms with Crippen molar-refractivity contribution in [3.05, 3.63) is 89.1 Å². The van der Waals surface area contributed by atoms with Crippen molar-refractivity contribution in [2.75, 3.05) is 25.4 Å². The quantitative estimate of drug-likeness (QED) is 0.278. The zero-order valence-corrected chi connectivity index (χ0v) is 21.0. The van der Waals surface area contributed by atoms with Crippen LogP contribution in [0.25, 0.3) is 11.6 Å². The van der Waals surface area contributed by atoms with E-state index in [9.17, 15) is 17.6 Å². The minimum Gasteiger partial charge on any atom is -0.486 e. The van der Waals surface area contributed by atoms with Crippen LogP contribution in [-0.2, 0) is 19.6 Å². The van der Waals surface area contributed by atoms with Gasteiger partial charge in [-0.2, -0.15) is 0 Å². The number of hydrogen-bond acceptors (Lipinski definition) is 7. The summed E-state index contributed by atoms with van der Waals surface area (Å²) in [4.78, 5) is 15.6. The van der Waals surface area contributed by atoms with E-state index in [1.807, 2.05) is 0 Å². The molecule has 12 heteroatoms. The van der Waals surface area contributed by atoms with Gasteiger partial charge in [0.1, 0.15) is 28.4 Å². The molecule has 1 aliphatic carbocycles. The van der Waals surface area contributed by atoms with Crippen molar-refractivity contribution in [2.45, 2.75) is 16.4 Å². The number of halogens is 2. The fraction of sp³-hybridized carbons (Fsp3) is 0.200. The van der Waals surface area contributed by atoms with Gasteiger partial charge in [-0.1, -0.05) is 12.1 Å². The van der Waals surface area contributed by atoms with Crippen LogP contribution in [0.1, 0.15) is 11.1 Å². The van der Waals surface area contributed by atoms with Gasteiger partial charge in [-0.3, -0.25) is 4.79 Å². The summed E-state index contributed by atoms with van der Waals surface area (Å²) >= 11 is 6.53. The molecule has 0 spiro atoms. The Morgan fingerprint density at radius 3 is 2.81 bits per heavy atom. The molecule has 2 unspecified atom stereocenters. The number of allylic oxidation sites excluding steroid dienone is 2. The summed E-state index contributed by atoms with van der Waals surface area (Å²) in [6, 6.07) is 7.10. The number of aliphatic hydroxyl groups excluding tert-OH is 1. The number of ether oxygens (including phenoxy) is 1. The van der Waals surface area contributed by atoms with Gasteiger partial charge in [0.2, 0.25) is 15.9 Å². The lowest BCUT2D eigenvalue weighted by atomic mass is 9.93. The maximum absolute atomic E-state index is 14.3. The van der Waals surface area contributed by atoms with E-state index < -0.39 is 38.8 Å². The highest BCUT2D eigenvalue weighted by atomic mass is 35.5. The normalized spacial score (nSPS) is 19.1. The van der Waals surface area contributed by atoms with Crippen LogP contribution >= 0.6 is 11.6 Å². The number of alkyl halides is 1. The molecular weight excluding hydrogens is 523 g/mol. The van der Waals surface area contributed by atoms with Gasteiger partial charge in [-0.15, -0.1) is 11.6 Å². The maximum atomic E-state index is 14.3. The van der Waals surface area contributed by atoms with Crippen molar-refractivity contribution in [1.82, 2.24) is 15.0 Å². The molecule has 9 nitrogen and oxygen atoms in total. The van der Waals surface area contributed by atoms with Crippen molar-refractivity contribution < 1.29 is 27.4 Å². The smallest absolute Gasteiger partial charge is 0.244 e. The van der Waals surface area contributed by atoms with Crippen LogP contribution < -0.4 is 15.8 Å². The van der Waals surface area contributed by atoms with E-state index in [-0.39, 0.29) is 19.0 Å². The third-order valence-corrected chi connectivity index (χ3v) is 7.35. The molecule has 2 heterocycles. The molecule has 2 atom stereocenters. The molecule has 2 aromatic rings. The number of aromatic nitrogens is 1. The zero-order chi connectivity index (χ0) is 26.6. The number of benzene rings is 1. The minimum atomic E-state index is -4.15. The summed E-state index contributed by atoms with van der Waals surface area (Å²) in [5, 5.41) is 11.0. The number of carbonyl (C=O) groups is 1. The van der Waals surface area contributed by atoms with E-state index >= 15 is 0 Å². The molecular formula is C25H24ClFN4O5S. The van der Waals surface area contributed by atoms with Gasteiger partial charge in [0.05, 0.1) is 18.5 Å². The molecule has 0 fully saturated rings. The Morgan fingerprint density at radius 1 is 1.27 bits per heavy atom. The largest absolute Gasteiger partial charge is 0.486 e. The number of anilines is 1. The van der Waals surface area contributed by atoms with Gasteiger partial charge in [0.25, 0.3) is 0 Å². The maximum Gasteiger partial charge on any atom is 0.244 e. The minimum absolute atomic E-state index is 0.130. The van der Waals surface area contributed by atoms with Crippen LogP contribution in [0.15, 0.2) is 77.1 Å². The number of rotatable bonds is 9. The van der Waals surface area contributed by atoms with Crippen molar-refractivity contribution in [2.24, 2.45) is 0 Å². The van der Waals surface area contributed by atoms with E-state index in [0.29, 0.717) is 22.7 Å². The molecule has 0 radical (unpaired) electrons. The second kappa shape index (κ2) is 11.3. The number of amides is 1. The van der Waals surface area contributed by atoms with Crippen molar-refractivity contribution in [1.29, 1.82) is 0 Å². The molecule has 194 valence electrons. The van der Waals surface area contributed by atoms with Crippen LogP contribution in [-0.4, -0.2) is 55.6 Å². The Hall–Kier alpha value is -3.51. The molecule has 0 saturated carbocycles. The van der Waals surface area contributed by atoms with Crippen molar-refractivity contribution in [3.63, 3.8) is 0 Å². The SMILES string of the molecule is Nc1ccc(C=CC(=O)NCC2=CC3=CC(c4ccc(F)c(S(=O)(=O)NCCO)c4)=CC(Cl)C3O2)cn1. The molecule has 2 aliphatic rings. The number of nitrogens with zero attached hydrogens (tertiary/aromatic N) is 1. The average molecular weight is 547 g/mol. The Balaban J connectivity index is 1.46. The lowest BCUT2D eigenvalue weighted by Gasteiger charge is -2.23. The Bertz CT molecular complexity index is 1420. The van der Waals surface area contributed by atoms with Gasteiger partial charge >= 0.3 is 0 Å². The zero-order valence-electron chi connectivity index (χ0n) is 19.4. The number of nitrogens with one attached hydrogen (secondary N) is 2. The van der Waals surface area contributed by atoms with Gasteiger partial charge < -0.3 is 20.9 Å². The number of nitrogen functional groups attached to an aromatic ring is 1. The van der Waals surface area contributed by atoms with Crippen LogP contribution in [0.3, 0.4) is 0 Å². The first-order chi connectivity index (χ1) is 17.7. The van der Waals surface area contributed by atoms with E-state index in [4.69, 9.17) is 27.2 Å². The predicted octanol–water partition coefficient (Wildman–Crippen LogP) is 2.12. The lowest BCUT2D eigenvalue weighted by Crippen LogP contribution is -2.28. The number of hydrogen-bond donors (Lipinski definition) is 4. The molecule has 1 aliphatic heterocycles. The van der Waals surface area contributed by atoms with Crippen LogP contribution in [0.5, 0.6) is 0 Å². The van der Waals surface area contributed by atoms with E-state index in [1.165, 1.54) is 18.2 Å². The lowest BCUT2D eigenvalue weighted by molar-refractivity contribution is -0.116. The van der Waals surface area contributed by atoms with Crippen LogP contribution in [0, 0.1) is 5.82 Å². The summed E-state index contributed by atoms with van der Waals surface area (Å²) in [5.74, 6) is -0.357. The van der Waals surface area contributed by atoms with E-state index in [2.05, 4.69) is 15.0 Å². The van der Waals surface area contributed by atoms with Crippen molar-refractivity contribution >= 4 is 45.0 Å². The Kier molecular flexibility index (Phi) is 8.08. The highest BCUT2D eigenvalue weighted by molar-refractivity contribution is 7.89. The third kappa shape index (κ3) is 6.44. The Morgan fingerprint density at radius 2 is 2.08 bits per heavy atom. The molecule has 0 bridgehead atoms. The summed E-state index contributed by atoms with van der Waals surface area (Å²) < 4.78 is 47.1. The van der Waals surface area contributed by atoms with Gasteiger partial charge in [-0.05, 0) is 64.8 Å². The average Bonchev–Trinajstić information content (AvgIpc) is 3.30. The summed E-state index contributed by atoms with van der Waals surface area (Å²) in [6.45, 7) is -0.524. The summed E-state index contributed by atoms with van der Waals surface area (Å²) in [7, 11) is -4.15. The van der Waals surface area contributed by atoms with Crippen LogP contribution in [0.4, 0.5) is 10.2 Å². The number of pyridine rings is 1. The first-order valence-corrected chi connectivity index (χ1v) is 13.1. The fourth-order valence-corrected chi connectivity index (χ4v) is 5.19. The first-order valence-electron chi connectivity index (χ1n) is 11.2. The topological polar surface area (TPSA) is 144 Å².